The van der Waals surface area contributed by atoms with Crippen molar-refractivity contribution < 1.29 is 4.68 Å². The van der Waals surface area contributed by atoms with E-state index < -0.39 is 0 Å². The Morgan fingerprint density at radius 3 is 3.38 bits per heavy atom. The van der Waals surface area contributed by atoms with Crippen LogP contribution in [0.3, 0.4) is 0 Å². The molecule has 2 aliphatic heterocycles. The number of fused-ring (bicyclic) bond motifs is 1. The highest BCUT2D eigenvalue weighted by atomic mass is 15.5. The summed E-state index contributed by atoms with van der Waals surface area (Å²) in [6, 6.07) is 0.787. The van der Waals surface area contributed by atoms with Gasteiger partial charge in [-0.05, 0) is 6.42 Å². The Morgan fingerprint density at radius 2 is 2.50 bits per heavy atom. The first-order chi connectivity index (χ1) is 3.97. The minimum Gasteiger partial charge on any atom is -0.440 e. The fourth-order valence-corrected chi connectivity index (χ4v) is 1.45. The highest BCUT2D eigenvalue weighted by molar-refractivity contribution is 5.53. The molecule has 8 heavy (non-hydrogen) atoms. The van der Waals surface area contributed by atoms with E-state index in [1.807, 2.05) is 0 Å². The zero-order valence-electron chi connectivity index (χ0n) is 4.88. The molecule has 0 spiro atoms. The number of nitrogens with zero attached hydrogens (tertiary/aromatic N) is 2. The van der Waals surface area contributed by atoms with Gasteiger partial charge in [-0.1, -0.05) is 6.54 Å². The lowest BCUT2D eigenvalue weighted by molar-refractivity contribution is -0.488. The molecule has 0 aliphatic carbocycles. The second-order valence-electron chi connectivity index (χ2n) is 2.45. The average molecular weight is 110 g/mol. The van der Waals surface area contributed by atoms with Crippen molar-refractivity contribution in [1.29, 1.82) is 0 Å². The topological polar surface area (TPSA) is 17.1 Å². The first-order valence-corrected chi connectivity index (χ1v) is 3.26. The van der Waals surface area contributed by atoms with Crippen LogP contribution in [0.15, 0.2) is 0 Å². The van der Waals surface area contributed by atoms with Crippen LogP contribution in [-0.4, -0.2) is 23.5 Å². The molecule has 1 fully saturated rings. The van der Waals surface area contributed by atoms with Crippen molar-refractivity contribution >= 4 is 6.21 Å². The molecule has 0 bridgehead atoms. The second kappa shape index (κ2) is 1.47. The number of rotatable bonds is 0. The van der Waals surface area contributed by atoms with Gasteiger partial charge < -0.3 is 5.43 Å². The Kier molecular flexibility index (Phi) is 0.802. The van der Waals surface area contributed by atoms with Crippen molar-refractivity contribution in [3.05, 3.63) is 5.43 Å². The van der Waals surface area contributed by atoms with Crippen LogP contribution < -0.4 is 0 Å². The average Bonchev–Trinajstić information content (AvgIpc) is 2.15. The summed E-state index contributed by atoms with van der Waals surface area (Å²) in [4.78, 5) is 0. The summed E-state index contributed by atoms with van der Waals surface area (Å²) in [5.41, 5.74) is 4.28. The molecule has 1 atom stereocenters. The normalized spacial score (nSPS) is 34.0. The molecular weight excluding hydrogens is 100 g/mol. The standard InChI is InChI=1S/C6H10N2/c1-2-6-3-4-7-8(6)5-1/h5-6H,1-4H2. The number of hydrogen-bond donors (Lipinski definition) is 0. The highest BCUT2D eigenvalue weighted by Gasteiger charge is 2.23. The first kappa shape index (κ1) is 4.36. The zero-order chi connectivity index (χ0) is 5.40. The summed E-state index contributed by atoms with van der Waals surface area (Å²) in [6.07, 6.45) is 6.08. The monoisotopic (exact) mass is 110 g/mol. The Balaban J connectivity index is 2.20. The van der Waals surface area contributed by atoms with Gasteiger partial charge in [-0.15, -0.1) is 0 Å². The van der Waals surface area contributed by atoms with E-state index in [2.05, 4.69) is 16.3 Å². The zero-order valence-corrected chi connectivity index (χ0v) is 4.88. The van der Waals surface area contributed by atoms with E-state index in [1.165, 1.54) is 19.3 Å². The van der Waals surface area contributed by atoms with Gasteiger partial charge in [-0.2, -0.15) is 0 Å². The molecule has 1 unspecified atom stereocenters. The van der Waals surface area contributed by atoms with E-state index in [1.54, 1.807) is 0 Å². The summed E-state index contributed by atoms with van der Waals surface area (Å²) in [7, 11) is 0. The third kappa shape index (κ3) is 0.457. The largest absolute Gasteiger partial charge is 0.440 e. The molecule has 2 nitrogen and oxygen atoms in total. The van der Waals surface area contributed by atoms with Crippen molar-refractivity contribution in [1.82, 2.24) is 0 Å². The molecule has 2 aliphatic rings. The SMILES string of the molecule is C1=[N+]2[N-]CCC2CC1. The smallest absolute Gasteiger partial charge is 0.146 e. The highest BCUT2D eigenvalue weighted by Crippen LogP contribution is 2.21. The maximum Gasteiger partial charge on any atom is 0.146 e. The van der Waals surface area contributed by atoms with Crippen molar-refractivity contribution in [2.45, 2.75) is 25.3 Å². The van der Waals surface area contributed by atoms with Crippen molar-refractivity contribution in [2.24, 2.45) is 0 Å². The van der Waals surface area contributed by atoms with Crippen molar-refractivity contribution in [2.75, 3.05) is 6.54 Å². The van der Waals surface area contributed by atoms with Crippen LogP contribution in [-0.2, 0) is 0 Å². The maximum atomic E-state index is 4.28. The molecule has 0 amide bonds. The lowest BCUT2D eigenvalue weighted by atomic mass is 10.2. The summed E-state index contributed by atoms with van der Waals surface area (Å²) in [5.74, 6) is 0. The van der Waals surface area contributed by atoms with Crippen LogP contribution in [0, 0.1) is 0 Å². The van der Waals surface area contributed by atoms with Gasteiger partial charge in [0.05, 0.1) is 0 Å². The molecular formula is C6H10N2. The summed E-state index contributed by atoms with van der Waals surface area (Å²) >= 11 is 0. The summed E-state index contributed by atoms with van der Waals surface area (Å²) in [6.45, 7) is 1.06. The van der Waals surface area contributed by atoms with Crippen molar-refractivity contribution in [3.63, 3.8) is 0 Å². The van der Waals surface area contributed by atoms with E-state index in [4.69, 9.17) is 0 Å². The van der Waals surface area contributed by atoms with Gasteiger partial charge in [-0.25, -0.2) is 0 Å². The van der Waals surface area contributed by atoms with Crippen LogP contribution in [0.1, 0.15) is 19.3 Å². The molecule has 0 radical (unpaired) electrons. The molecule has 2 heteroatoms. The van der Waals surface area contributed by atoms with Gasteiger partial charge in [0.2, 0.25) is 0 Å². The fourth-order valence-electron chi connectivity index (χ4n) is 1.45. The summed E-state index contributed by atoms with van der Waals surface area (Å²) in [5, 5.41) is 0. The Bertz CT molecular complexity index is 128. The fraction of sp³-hybridized carbons (Fsp3) is 0.833. The van der Waals surface area contributed by atoms with Gasteiger partial charge in [-0.3, -0.25) is 4.68 Å². The van der Waals surface area contributed by atoms with Crippen LogP contribution in [0.5, 0.6) is 0 Å². The van der Waals surface area contributed by atoms with Gasteiger partial charge in [0, 0.05) is 12.8 Å². The molecule has 0 aromatic rings. The predicted octanol–water partition coefficient (Wildman–Crippen LogP) is 0.925. The van der Waals surface area contributed by atoms with Crippen LogP contribution >= 0.6 is 0 Å². The predicted molar refractivity (Wildman–Crippen MR) is 32.2 cm³/mol. The quantitative estimate of drug-likeness (QED) is 0.413. The van der Waals surface area contributed by atoms with E-state index in [0.717, 1.165) is 12.6 Å². The molecule has 0 N–H and O–H groups in total. The molecule has 0 aromatic carbocycles. The maximum absolute atomic E-state index is 4.28. The molecule has 0 aromatic heterocycles. The molecule has 2 heterocycles. The van der Waals surface area contributed by atoms with Crippen LogP contribution in [0.25, 0.3) is 5.43 Å². The third-order valence-corrected chi connectivity index (χ3v) is 1.92. The van der Waals surface area contributed by atoms with E-state index in [-0.39, 0.29) is 0 Å². The van der Waals surface area contributed by atoms with Crippen molar-refractivity contribution in [3.8, 4) is 0 Å². The third-order valence-electron chi connectivity index (χ3n) is 1.92. The van der Waals surface area contributed by atoms with Crippen LogP contribution in [0.2, 0.25) is 0 Å². The minimum atomic E-state index is 0.787. The Hall–Kier alpha value is -0.530. The van der Waals surface area contributed by atoms with E-state index in [0.29, 0.717) is 0 Å². The van der Waals surface area contributed by atoms with Gasteiger partial charge in [0.25, 0.3) is 0 Å². The molecule has 0 saturated carbocycles. The van der Waals surface area contributed by atoms with Gasteiger partial charge in [0.1, 0.15) is 12.3 Å². The van der Waals surface area contributed by atoms with Gasteiger partial charge >= 0.3 is 0 Å². The Labute approximate surface area is 49.2 Å². The lowest BCUT2D eigenvalue weighted by Gasteiger charge is -2.04. The lowest BCUT2D eigenvalue weighted by Crippen LogP contribution is -2.08. The summed E-state index contributed by atoms with van der Waals surface area (Å²) < 4.78 is 2.14. The van der Waals surface area contributed by atoms with Gasteiger partial charge in [0.15, 0.2) is 0 Å². The minimum absolute atomic E-state index is 0.787. The number of hydrogen-bond acceptors (Lipinski definition) is 0. The van der Waals surface area contributed by atoms with Crippen LogP contribution in [0.4, 0.5) is 0 Å². The van der Waals surface area contributed by atoms with E-state index >= 15 is 0 Å². The molecule has 44 valence electrons. The first-order valence-electron chi connectivity index (χ1n) is 3.26. The van der Waals surface area contributed by atoms with E-state index in [9.17, 15) is 0 Å². The second-order valence-corrected chi connectivity index (χ2v) is 2.45. The molecule has 2 rings (SSSR count). The molecule has 1 saturated heterocycles. The Morgan fingerprint density at radius 1 is 1.50 bits per heavy atom.